The molecule has 0 aliphatic carbocycles. The van der Waals surface area contributed by atoms with Crippen LogP contribution in [0.5, 0.6) is 17.2 Å². The summed E-state index contributed by atoms with van der Waals surface area (Å²) in [6, 6.07) is 10.1. The molecular weight excluding hydrogens is 484 g/mol. The molecule has 0 saturated carbocycles. The number of aliphatic hydroxyl groups is 1. The van der Waals surface area contributed by atoms with Crippen molar-refractivity contribution in [2.24, 2.45) is 0 Å². The van der Waals surface area contributed by atoms with Crippen LogP contribution in [0, 0.1) is 0 Å². The number of methoxy groups -OCH3 is 3. The number of carbonyl (C=O) groups is 2. The van der Waals surface area contributed by atoms with Crippen molar-refractivity contribution in [1.29, 1.82) is 0 Å². The molecule has 8 heteroatoms. The van der Waals surface area contributed by atoms with Crippen LogP contribution in [0.25, 0.3) is 11.1 Å². The summed E-state index contributed by atoms with van der Waals surface area (Å²) < 4.78 is 16.4. The molecule has 1 N–H and O–H groups in total. The zero-order chi connectivity index (χ0) is 27.7. The standard InChI is InChI=1S/C30H40N2O6/c1-6-7-8-9-10-11-16-32-25(20-33)29(34)31(2)24(30(32)35)17-21-12-14-22(15-13-21)23-18-26(36-3)28(38-5)27(19-23)37-4/h10-15,18-19,24-25,33H,6-9,16-17,20H2,1-5H3/t24-,25-/m0/s1. The molecule has 1 fully saturated rings. The van der Waals surface area contributed by atoms with Crippen molar-refractivity contribution in [1.82, 2.24) is 9.80 Å². The van der Waals surface area contributed by atoms with Gasteiger partial charge in [-0.2, -0.15) is 0 Å². The van der Waals surface area contributed by atoms with E-state index < -0.39 is 18.7 Å². The fourth-order valence-corrected chi connectivity index (χ4v) is 4.77. The van der Waals surface area contributed by atoms with Crippen molar-refractivity contribution in [3.05, 3.63) is 54.1 Å². The van der Waals surface area contributed by atoms with E-state index in [1.807, 2.05) is 42.5 Å². The fraction of sp³-hybridized carbons (Fsp3) is 0.467. The van der Waals surface area contributed by atoms with Gasteiger partial charge < -0.3 is 29.1 Å². The quantitative estimate of drug-likeness (QED) is 0.314. The van der Waals surface area contributed by atoms with Crippen LogP contribution in [0.4, 0.5) is 0 Å². The van der Waals surface area contributed by atoms with Crippen LogP contribution in [0.1, 0.15) is 38.2 Å². The second kappa shape index (κ2) is 13.9. The summed E-state index contributed by atoms with van der Waals surface area (Å²) in [6.45, 7) is 2.08. The number of benzene rings is 2. The summed E-state index contributed by atoms with van der Waals surface area (Å²) >= 11 is 0. The minimum atomic E-state index is -0.855. The molecule has 0 unspecified atom stereocenters. The molecule has 0 bridgehead atoms. The Morgan fingerprint density at radius 2 is 1.53 bits per heavy atom. The molecule has 2 amide bonds. The van der Waals surface area contributed by atoms with E-state index in [0.29, 0.717) is 30.2 Å². The highest BCUT2D eigenvalue weighted by molar-refractivity contribution is 5.97. The average Bonchev–Trinajstić information content (AvgIpc) is 2.95. The van der Waals surface area contributed by atoms with E-state index in [0.717, 1.165) is 42.4 Å². The number of piperazine rings is 1. The normalized spacial score (nSPS) is 17.8. The van der Waals surface area contributed by atoms with E-state index in [1.54, 1.807) is 28.4 Å². The van der Waals surface area contributed by atoms with Crippen molar-refractivity contribution in [3.63, 3.8) is 0 Å². The van der Waals surface area contributed by atoms with E-state index >= 15 is 0 Å². The highest BCUT2D eigenvalue weighted by Crippen LogP contribution is 2.41. The summed E-state index contributed by atoms with van der Waals surface area (Å²) in [6.07, 6.45) is 8.71. The lowest BCUT2D eigenvalue weighted by Gasteiger charge is -2.42. The summed E-state index contributed by atoms with van der Waals surface area (Å²) in [5.74, 6) is 1.26. The third-order valence-electron chi connectivity index (χ3n) is 7.04. The van der Waals surface area contributed by atoms with Crippen LogP contribution in [0.3, 0.4) is 0 Å². The smallest absolute Gasteiger partial charge is 0.248 e. The van der Waals surface area contributed by atoms with Crippen LogP contribution in [0.2, 0.25) is 0 Å². The molecule has 3 rings (SSSR count). The molecule has 2 aromatic rings. The van der Waals surface area contributed by atoms with E-state index in [1.165, 1.54) is 9.80 Å². The van der Waals surface area contributed by atoms with Gasteiger partial charge in [0.05, 0.1) is 27.9 Å². The summed E-state index contributed by atoms with van der Waals surface area (Å²) in [5, 5.41) is 9.87. The Morgan fingerprint density at radius 1 is 0.868 bits per heavy atom. The van der Waals surface area contributed by atoms with E-state index in [9.17, 15) is 14.7 Å². The first kappa shape index (κ1) is 29.0. The maximum absolute atomic E-state index is 13.5. The van der Waals surface area contributed by atoms with Crippen molar-refractivity contribution in [3.8, 4) is 28.4 Å². The molecule has 0 spiro atoms. The first-order valence-corrected chi connectivity index (χ1v) is 13.1. The lowest BCUT2D eigenvalue weighted by molar-refractivity contribution is -0.161. The van der Waals surface area contributed by atoms with Gasteiger partial charge in [0.1, 0.15) is 12.1 Å². The lowest BCUT2D eigenvalue weighted by atomic mass is 9.96. The number of rotatable bonds is 13. The number of carbonyl (C=O) groups excluding carboxylic acids is 2. The number of nitrogens with zero attached hydrogens (tertiary/aromatic N) is 2. The molecule has 2 aromatic carbocycles. The van der Waals surface area contributed by atoms with Gasteiger partial charge in [-0.3, -0.25) is 9.59 Å². The predicted molar refractivity (Wildman–Crippen MR) is 148 cm³/mol. The van der Waals surface area contributed by atoms with Crippen molar-refractivity contribution < 1.29 is 28.9 Å². The van der Waals surface area contributed by atoms with Gasteiger partial charge in [0.15, 0.2) is 11.5 Å². The molecule has 0 radical (unpaired) electrons. The SMILES string of the molecule is CCCCCC=CCN1C(=O)[C@H](Cc2ccc(-c3cc(OC)c(OC)c(OC)c3)cc2)N(C)C(=O)[C@@H]1CO. The highest BCUT2D eigenvalue weighted by Gasteiger charge is 2.43. The molecule has 38 heavy (non-hydrogen) atoms. The third-order valence-corrected chi connectivity index (χ3v) is 7.04. The second-order valence-corrected chi connectivity index (χ2v) is 9.44. The number of allylic oxidation sites excluding steroid dienone is 1. The van der Waals surface area contributed by atoms with Gasteiger partial charge in [0.25, 0.3) is 0 Å². The Kier molecular flexibility index (Phi) is 10.6. The first-order valence-electron chi connectivity index (χ1n) is 13.1. The zero-order valence-electron chi connectivity index (χ0n) is 23.1. The minimum Gasteiger partial charge on any atom is -0.493 e. The van der Waals surface area contributed by atoms with Crippen molar-refractivity contribution in [2.75, 3.05) is 41.5 Å². The van der Waals surface area contributed by atoms with Crippen LogP contribution >= 0.6 is 0 Å². The van der Waals surface area contributed by atoms with Gasteiger partial charge in [0, 0.05) is 20.0 Å². The maximum atomic E-state index is 13.5. The summed E-state index contributed by atoms with van der Waals surface area (Å²) in [7, 11) is 6.36. The average molecular weight is 525 g/mol. The van der Waals surface area contributed by atoms with Gasteiger partial charge >= 0.3 is 0 Å². The molecule has 206 valence electrons. The van der Waals surface area contributed by atoms with Crippen LogP contribution in [-0.4, -0.2) is 80.3 Å². The number of aliphatic hydroxyl groups excluding tert-OH is 1. The van der Waals surface area contributed by atoms with E-state index in [4.69, 9.17) is 14.2 Å². The van der Waals surface area contributed by atoms with Crippen LogP contribution in [0.15, 0.2) is 48.6 Å². The number of unbranched alkanes of at least 4 members (excludes halogenated alkanes) is 3. The Balaban J connectivity index is 1.78. The Hall–Kier alpha value is -3.52. The highest BCUT2D eigenvalue weighted by atomic mass is 16.5. The monoisotopic (exact) mass is 524 g/mol. The van der Waals surface area contributed by atoms with Crippen LogP contribution in [-0.2, 0) is 16.0 Å². The molecule has 2 atom stereocenters. The molecule has 1 aliphatic rings. The lowest BCUT2D eigenvalue weighted by Crippen LogP contribution is -2.65. The minimum absolute atomic E-state index is 0.155. The summed E-state index contributed by atoms with van der Waals surface area (Å²) in [4.78, 5) is 29.4. The van der Waals surface area contributed by atoms with Crippen molar-refractivity contribution >= 4 is 11.8 Å². The molecule has 1 heterocycles. The third kappa shape index (κ3) is 6.48. The van der Waals surface area contributed by atoms with Gasteiger partial charge in [0.2, 0.25) is 17.6 Å². The van der Waals surface area contributed by atoms with Gasteiger partial charge in [-0.1, -0.05) is 56.2 Å². The van der Waals surface area contributed by atoms with E-state index in [2.05, 4.69) is 13.0 Å². The molecule has 0 aromatic heterocycles. The first-order chi connectivity index (χ1) is 18.4. The van der Waals surface area contributed by atoms with Gasteiger partial charge in [-0.05, 0) is 41.7 Å². The Bertz CT molecular complexity index is 1090. The predicted octanol–water partition coefficient (Wildman–Crippen LogP) is 4.09. The maximum Gasteiger partial charge on any atom is 0.248 e. The number of hydrogen-bond donors (Lipinski definition) is 1. The number of ether oxygens (including phenoxy) is 3. The van der Waals surface area contributed by atoms with E-state index in [-0.39, 0.29) is 11.8 Å². The number of hydrogen-bond acceptors (Lipinski definition) is 6. The Morgan fingerprint density at radius 3 is 2.08 bits per heavy atom. The zero-order valence-corrected chi connectivity index (χ0v) is 23.1. The molecule has 8 nitrogen and oxygen atoms in total. The largest absolute Gasteiger partial charge is 0.493 e. The summed E-state index contributed by atoms with van der Waals surface area (Å²) in [5.41, 5.74) is 2.77. The fourth-order valence-electron chi connectivity index (χ4n) is 4.77. The topological polar surface area (TPSA) is 88.5 Å². The molecule has 1 saturated heterocycles. The van der Waals surface area contributed by atoms with Gasteiger partial charge in [-0.25, -0.2) is 0 Å². The van der Waals surface area contributed by atoms with Crippen molar-refractivity contribution in [2.45, 2.75) is 51.1 Å². The van der Waals surface area contributed by atoms with Gasteiger partial charge in [-0.15, -0.1) is 0 Å². The second-order valence-electron chi connectivity index (χ2n) is 9.44. The molecular formula is C30H40N2O6. The Labute approximate surface area is 225 Å². The number of likely N-dealkylation sites (N-methyl/N-ethyl adjacent to an activating group) is 1. The molecule has 1 aliphatic heterocycles. The number of amides is 2. The van der Waals surface area contributed by atoms with Crippen LogP contribution < -0.4 is 14.2 Å².